The standard InChI is InChI=1S/C20H19N3O2S/c1-13-5-3-7-16(9-13)22-19(25)11-18-12-26-20(23-18)15-6-4-8-17(10-15)21-14(2)24/h3-10,12H,11H2,1-2H3,(H,21,24)(H,22,25). The Morgan fingerprint density at radius 3 is 2.50 bits per heavy atom. The summed E-state index contributed by atoms with van der Waals surface area (Å²) in [6.45, 7) is 3.46. The zero-order valence-electron chi connectivity index (χ0n) is 14.6. The van der Waals surface area contributed by atoms with Crippen molar-refractivity contribution in [1.29, 1.82) is 0 Å². The van der Waals surface area contributed by atoms with E-state index in [9.17, 15) is 9.59 Å². The van der Waals surface area contributed by atoms with E-state index in [1.54, 1.807) is 0 Å². The highest BCUT2D eigenvalue weighted by Crippen LogP contribution is 2.26. The zero-order valence-corrected chi connectivity index (χ0v) is 15.4. The van der Waals surface area contributed by atoms with Crippen LogP contribution in [0.3, 0.4) is 0 Å². The molecule has 5 nitrogen and oxygen atoms in total. The van der Waals surface area contributed by atoms with Gasteiger partial charge in [0.2, 0.25) is 11.8 Å². The van der Waals surface area contributed by atoms with Crippen molar-refractivity contribution < 1.29 is 9.59 Å². The summed E-state index contributed by atoms with van der Waals surface area (Å²) >= 11 is 1.48. The van der Waals surface area contributed by atoms with Crippen molar-refractivity contribution in [1.82, 2.24) is 4.98 Å². The number of hydrogen-bond donors (Lipinski definition) is 2. The fraction of sp³-hybridized carbons (Fsp3) is 0.150. The summed E-state index contributed by atoms with van der Waals surface area (Å²) in [6.07, 6.45) is 0.218. The fourth-order valence-corrected chi connectivity index (χ4v) is 3.36. The smallest absolute Gasteiger partial charge is 0.230 e. The molecule has 0 aliphatic carbocycles. The molecule has 0 saturated carbocycles. The molecule has 3 aromatic rings. The van der Waals surface area contributed by atoms with E-state index in [-0.39, 0.29) is 18.2 Å². The molecule has 2 amide bonds. The SMILES string of the molecule is CC(=O)Nc1cccc(-c2nc(CC(=O)Nc3cccc(C)c3)cs2)c1. The van der Waals surface area contributed by atoms with Gasteiger partial charge >= 0.3 is 0 Å². The predicted octanol–water partition coefficient (Wildman–Crippen LogP) is 4.26. The Morgan fingerprint density at radius 1 is 1.04 bits per heavy atom. The van der Waals surface area contributed by atoms with Crippen LogP contribution in [-0.2, 0) is 16.0 Å². The number of nitrogens with zero attached hydrogens (tertiary/aromatic N) is 1. The van der Waals surface area contributed by atoms with E-state index in [0.717, 1.165) is 33.2 Å². The average Bonchev–Trinajstić information content (AvgIpc) is 3.03. The van der Waals surface area contributed by atoms with E-state index >= 15 is 0 Å². The maximum atomic E-state index is 12.2. The van der Waals surface area contributed by atoms with Gasteiger partial charge in [0.15, 0.2) is 0 Å². The Balaban J connectivity index is 1.68. The number of nitrogens with one attached hydrogen (secondary N) is 2. The first-order valence-electron chi connectivity index (χ1n) is 8.18. The van der Waals surface area contributed by atoms with Crippen molar-refractivity contribution in [2.45, 2.75) is 20.3 Å². The van der Waals surface area contributed by atoms with E-state index in [4.69, 9.17) is 0 Å². The van der Waals surface area contributed by atoms with Crippen LogP contribution in [0.25, 0.3) is 10.6 Å². The van der Waals surface area contributed by atoms with Crippen LogP contribution in [0, 0.1) is 6.92 Å². The normalized spacial score (nSPS) is 10.4. The molecule has 2 N–H and O–H groups in total. The molecule has 0 radical (unpaired) electrons. The maximum Gasteiger partial charge on any atom is 0.230 e. The lowest BCUT2D eigenvalue weighted by atomic mass is 10.2. The molecule has 0 spiro atoms. The third-order valence-corrected chi connectivity index (χ3v) is 4.57. The van der Waals surface area contributed by atoms with E-state index in [1.807, 2.05) is 60.8 Å². The van der Waals surface area contributed by atoms with Crippen LogP contribution in [0.5, 0.6) is 0 Å². The Kier molecular flexibility index (Phi) is 5.43. The average molecular weight is 365 g/mol. The van der Waals surface area contributed by atoms with Gasteiger partial charge in [-0.1, -0.05) is 24.3 Å². The van der Waals surface area contributed by atoms with Crippen molar-refractivity contribution in [2.24, 2.45) is 0 Å². The minimum atomic E-state index is -0.116. The summed E-state index contributed by atoms with van der Waals surface area (Å²) in [5, 5.41) is 8.35. The van der Waals surface area contributed by atoms with Gasteiger partial charge in [-0.2, -0.15) is 0 Å². The lowest BCUT2D eigenvalue weighted by Crippen LogP contribution is -2.14. The number of aromatic nitrogens is 1. The monoisotopic (exact) mass is 365 g/mol. The van der Waals surface area contributed by atoms with E-state index in [1.165, 1.54) is 18.3 Å². The number of thiazole rings is 1. The highest BCUT2D eigenvalue weighted by atomic mass is 32.1. The summed E-state index contributed by atoms with van der Waals surface area (Å²) in [5.41, 5.74) is 4.24. The van der Waals surface area contributed by atoms with Gasteiger partial charge in [-0.15, -0.1) is 11.3 Å². The van der Waals surface area contributed by atoms with Gasteiger partial charge in [0.05, 0.1) is 12.1 Å². The molecule has 0 aliphatic heterocycles. The van der Waals surface area contributed by atoms with Gasteiger partial charge in [0.1, 0.15) is 5.01 Å². The fourth-order valence-electron chi connectivity index (χ4n) is 2.55. The molecule has 0 atom stereocenters. The molecule has 132 valence electrons. The van der Waals surface area contributed by atoms with Crippen LogP contribution in [0.15, 0.2) is 53.9 Å². The van der Waals surface area contributed by atoms with Crippen LogP contribution >= 0.6 is 11.3 Å². The second kappa shape index (κ2) is 7.93. The summed E-state index contributed by atoms with van der Waals surface area (Å²) in [7, 11) is 0. The van der Waals surface area contributed by atoms with Gasteiger partial charge < -0.3 is 10.6 Å². The Labute approximate surface area is 156 Å². The molecule has 2 aromatic carbocycles. The quantitative estimate of drug-likeness (QED) is 0.710. The minimum absolute atomic E-state index is 0.0977. The van der Waals surface area contributed by atoms with Crippen LogP contribution in [0.2, 0.25) is 0 Å². The molecule has 1 heterocycles. The van der Waals surface area contributed by atoms with E-state index in [0.29, 0.717) is 0 Å². The Bertz CT molecular complexity index is 949. The predicted molar refractivity (Wildman–Crippen MR) is 105 cm³/mol. The van der Waals surface area contributed by atoms with Crippen molar-refractivity contribution >= 4 is 34.5 Å². The van der Waals surface area contributed by atoms with E-state index < -0.39 is 0 Å². The third kappa shape index (κ3) is 4.77. The molecule has 1 aromatic heterocycles. The Hall–Kier alpha value is -2.99. The maximum absolute atomic E-state index is 12.2. The number of rotatable bonds is 5. The summed E-state index contributed by atoms with van der Waals surface area (Å²) < 4.78 is 0. The van der Waals surface area contributed by atoms with E-state index in [2.05, 4.69) is 15.6 Å². The van der Waals surface area contributed by atoms with Gasteiger partial charge in [0.25, 0.3) is 0 Å². The van der Waals surface area contributed by atoms with Crippen molar-refractivity contribution in [3.8, 4) is 10.6 Å². The molecular formula is C20H19N3O2S. The van der Waals surface area contributed by atoms with Gasteiger partial charge in [-0.3, -0.25) is 9.59 Å². The third-order valence-electron chi connectivity index (χ3n) is 3.63. The number of hydrogen-bond acceptors (Lipinski definition) is 4. The van der Waals surface area contributed by atoms with Crippen LogP contribution in [0.1, 0.15) is 18.2 Å². The number of amides is 2. The molecule has 26 heavy (non-hydrogen) atoms. The van der Waals surface area contributed by atoms with Crippen LogP contribution in [-0.4, -0.2) is 16.8 Å². The second-order valence-corrected chi connectivity index (χ2v) is 6.86. The second-order valence-electron chi connectivity index (χ2n) is 6.00. The molecule has 0 saturated heterocycles. The molecule has 6 heteroatoms. The first-order chi connectivity index (χ1) is 12.5. The first kappa shape index (κ1) is 17.8. The number of carbonyl (C=O) groups is 2. The molecule has 3 rings (SSSR count). The number of carbonyl (C=O) groups excluding carboxylic acids is 2. The summed E-state index contributed by atoms with van der Waals surface area (Å²) in [5.74, 6) is -0.214. The zero-order chi connectivity index (χ0) is 18.5. The number of anilines is 2. The Morgan fingerprint density at radius 2 is 1.77 bits per heavy atom. The van der Waals surface area contributed by atoms with Crippen molar-refractivity contribution in [3.63, 3.8) is 0 Å². The highest BCUT2D eigenvalue weighted by molar-refractivity contribution is 7.13. The summed E-state index contributed by atoms with van der Waals surface area (Å²) in [4.78, 5) is 28.0. The largest absolute Gasteiger partial charge is 0.326 e. The van der Waals surface area contributed by atoms with Gasteiger partial charge in [-0.25, -0.2) is 4.98 Å². The lowest BCUT2D eigenvalue weighted by Gasteiger charge is -2.05. The summed E-state index contributed by atoms with van der Waals surface area (Å²) in [6, 6.07) is 15.2. The number of benzene rings is 2. The molecular weight excluding hydrogens is 346 g/mol. The number of aryl methyl sites for hydroxylation is 1. The van der Waals surface area contributed by atoms with Crippen LogP contribution in [0.4, 0.5) is 11.4 Å². The molecule has 0 fully saturated rings. The molecule has 0 bridgehead atoms. The minimum Gasteiger partial charge on any atom is -0.326 e. The van der Waals surface area contributed by atoms with Crippen LogP contribution < -0.4 is 10.6 Å². The highest BCUT2D eigenvalue weighted by Gasteiger charge is 2.10. The topological polar surface area (TPSA) is 71.1 Å². The lowest BCUT2D eigenvalue weighted by molar-refractivity contribution is -0.116. The van der Waals surface area contributed by atoms with Gasteiger partial charge in [0, 0.05) is 29.2 Å². The molecule has 0 aliphatic rings. The first-order valence-corrected chi connectivity index (χ1v) is 9.06. The van der Waals surface area contributed by atoms with Gasteiger partial charge in [-0.05, 0) is 36.8 Å². The van der Waals surface area contributed by atoms with Crippen molar-refractivity contribution in [3.05, 3.63) is 65.2 Å². The molecule has 0 unspecified atom stereocenters. The van der Waals surface area contributed by atoms with Crippen molar-refractivity contribution in [2.75, 3.05) is 10.6 Å².